The molecule has 0 bridgehead atoms. The Balaban J connectivity index is 1.83. The van der Waals surface area contributed by atoms with Gasteiger partial charge in [0.2, 0.25) is 5.91 Å². The number of aromatic nitrogens is 2. The van der Waals surface area contributed by atoms with Crippen molar-refractivity contribution in [2.45, 2.75) is 37.6 Å². The summed E-state index contributed by atoms with van der Waals surface area (Å²) in [5.74, 6) is -0.682. The van der Waals surface area contributed by atoms with Crippen LogP contribution in [0, 0.1) is 0 Å². The molecule has 1 aliphatic rings. The highest BCUT2D eigenvalue weighted by atomic mass is 79.9. The summed E-state index contributed by atoms with van der Waals surface area (Å²) in [7, 11) is 0. The van der Waals surface area contributed by atoms with Crippen LogP contribution in [0.15, 0.2) is 41.0 Å². The largest absolute Gasteiger partial charge is 0.480 e. The summed E-state index contributed by atoms with van der Waals surface area (Å²) in [6.07, 6.45) is 5.15. The Morgan fingerprint density at radius 1 is 1.29 bits per heavy atom. The van der Waals surface area contributed by atoms with Crippen LogP contribution in [0.3, 0.4) is 0 Å². The monoisotopic (exact) mass is 391 g/mol. The molecule has 1 aromatic carbocycles. The zero-order valence-corrected chi connectivity index (χ0v) is 14.6. The van der Waals surface area contributed by atoms with Gasteiger partial charge in [0, 0.05) is 16.7 Å². The van der Waals surface area contributed by atoms with Crippen LogP contribution in [0.5, 0.6) is 0 Å². The van der Waals surface area contributed by atoms with Gasteiger partial charge in [-0.3, -0.25) is 14.3 Å². The smallest absolute Gasteiger partial charge is 0.325 e. The molecular weight excluding hydrogens is 374 g/mol. The molecule has 0 atom stereocenters. The Labute approximate surface area is 148 Å². The van der Waals surface area contributed by atoms with Crippen LogP contribution in [-0.4, -0.2) is 26.8 Å². The van der Waals surface area contributed by atoms with Crippen LogP contribution in [0.4, 0.5) is 5.82 Å². The van der Waals surface area contributed by atoms with E-state index >= 15 is 0 Å². The van der Waals surface area contributed by atoms with E-state index in [1.54, 1.807) is 12.3 Å². The lowest BCUT2D eigenvalue weighted by atomic mass is 9.78. The van der Waals surface area contributed by atoms with Gasteiger partial charge in [-0.1, -0.05) is 40.9 Å². The van der Waals surface area contributed by atoms with Crippen molar-refractivity contribution in [3.63, 3.8) is 0 Å². The van der Waals surface area contributed by atoms with Crippen LogP contribution in [-0.2, 0) is 21.5 Å². The molecule has 1 heterocycles. The normalized spacial score (nSPS) is 16.0. The highest BCUT2D eigenvalue weighted by Crippen LogP contribution is 2.42. The highest BCUT2D eigenvalue weighted by Gasteiger charge is 2.43. The van der Waals surface area contributed by atoms with Crippen molar-refractivity contribution in [3.05, 3.63) is 46.6 Å². The van der Waals surface area contributed by atoms with E-state index in [1.807, 2.05) is 24.3 Å². The minimum atomic E-state index is -0.975. The molecule has 0 radical (unpaired) electrons. The first-order valence-electron chi connectivity index (χ1n) is 7.82. The van der Waals surface area contributed by atoms with Gasteiger partial charge < -0.3 is 10.4 Å². The number of carboxylic acid groups (broad SMARTS) is 1. The van der Waals surface area contributed by atoms with Crippen molar-refractivity contribution in [1.29, 1.82) is 0 Å². The third-order valence-corrected chi connectivity index (χ3v) is 4.94. The molecule has 1 fully saturated rings. The number of rotatable bonds is 5. The number of hydrogen-bond acceptors (Lipinski definition) is 3. The van der Waals surface area contributed by atoms with E-state index in [4.69, 9.17) is 5.11 Å². The predicted molar refractivity (Wildman–Crippen MR) is 92.8 cm³/mol. The van der Waals surface area contributed by atoms with Gasteiger partial charge in [-0.2, -0.15) is 5.10 Å². The minimum Gasteiger partial charge on any atom is -0.480 e. The molecule has 1 aromatic heterocycles. The minimum absolute atomic E-state index is 0.0846. The van der Waals surface area contributed by atoms with Crippen molar-refractivity contribution in [3.8, 4) is 0 Å². The average Bonchev–Trinajstić information content (AvgIpc) is 3.17. The zero-order chi connectivity index (χ0) is 17.2. The van der Waals surface area contributed by atoms with Gasteiger partial charge in [-0.15, -0.1) is 0 Å². The number of anilines is 1. The summed E-state index contributed by atoms with van der Waals surface area (Å²) in [5, 5.41) is 15.7. The van der Waals surface area contributed by atoms with Crippen molar-refractivity contribution in [2.24, 2.45) is 0 Å². The van der Waals surface area contributed by atoms with Gasteiger partial charge >= 0.3 is 5.97 Å². The fourth-order valence-corrected chi connectivity index (χ4v) is 3.70. The average molecular weight is 392 g/mol. The summed E-state index contributed by atoms with van der Waals surface area (Å²) < 4.78 is 2.24. The molecule has 24 heavy (non-hydrogen) atoms. The SMILES string of the molecule is O=C(O)Cn1ccc(NC(=O)C2(c3cccc(Br)c3)CCCC2)n1. The maximum atomic E-state index is 13.0. The Morgan fingerprint density at radius 3 is 2.71 bits per heavy atom. The molecular formula is C17H18BrN3O3. The summed E-state index contributed by atoms with van der Waals surface area (Å²) in [4.78, 5) is 23.7. The Hall–Kier alpha value is -2.15. The lowest BCUT2D eigenvalue weighted by Gasteiger charge is -2.28. The van der Waals surface area contributed by atoms with Gasteiger partial charge in [0.25, 0.3) is 0 Å². The predicted octanol–water partition coefficient (Wildman–Crippen LogP) is 3.18. The number of nitrogens with one attached hydrogen (secondary N) is 1. The third kappa shape index (κ3) is 3.36. The molecule has 7 heteroatoms. The standard InChI is InChI=1S/C17H18BrN3O3/c18-13-5-3-4-12(10-13)17(7-1-2-8-17)16(24)19-14-6-9-21(20-14)11-15(22)23/h3-6,9-10H,1-2,7-8,11H2,(H,22,23)(H,19,20,24). The molecule has 126 valence electrons. The van der Waals surface area contributed by atoms with Gasteiger partial charge in [0.05, 0.1) is 5.41 Å². The number of carboxylic acids is 1. The van der Waals surface area contributed by atoms with Crippen molar-refractivity contribution >= 4 is 33.6 Å². The number of halogens is 1. The number of amides is 1. The summed E-state index contributed by atoms with van der Waals surface area (Å²) in [6, 6.07) is 9.48. The Bertz CT molecular complexity index is 766. The Kier molecular flexibility index (Phi) is 4.71. The van der Waals surface area contributed by atoms with E-state index < -0.39 is 11.4 Å². The summed E-state index contributed by atoms with van der Waals surface area (Å²) in [6.45, 7) is -0.230. The lowest BCUT2D eigenvalue weighted by molar-refractivity contribution is -0.137. The lowest BCUT2D eigenvalue weighted by Crippen LogP contribution is -2.38. The second-order valence-corrected chi connectivity index (χ2v) is 6.96. The third-order valence-electron chi connectivity index (χ3n) is 4.45. The first-order valence-corrected chi connectivity index (χ1v) is 8.62. The molecule has 2 N–H and O–H groups in total. The van der Waals surface area contributed by atoms with Crippen molar-refractivity contribution in [2.75, 3.05) is 5.32 Å². The van der Waals surface area contributed by atoms with Gasteiger partial charge in [-0.05, 0) is 30.5 Å². The molecule has 0 saturated heterocycles. The molecule has 0 spiro atoms. The van der Waals surface area contributed by atoms with Crippen LogP contribution in [0.25, 0.3) is 0 Å². The van der Waals surface area contributed by atoms with Crippen LogP contribution < -0.4 is 5.32 Å². The van der Waals surface area contributed by atoms with E-state index in [0.717, 1.165) is 35.7 Å². The molecule has 2 aromatic rings. The first kappa shape index (κ1) is 16.7. The molecule has 3 rings (SSSR count). The van der Waals surface area contributed by atoms with Crippen LogP contribution in [0.2, 0.25) is 0 Å². The maximum absolute atomic E-state index is 13.0. The highest BCUT2D eigenvalue weighted by molar-refractivity contribution is 9.10. The number of carbonyl (C=O) groups excluding carboxylic acids is 1. The molecule has 6 nitrogen and oxygen atoms in total. The number of carbonyl (C=O) groups is 2. The van der Waals surface area contributed by atoms with Crippen molar-refractivity contribution < 1.29 is 14.7 Å². The van der Waals surface area contributed by atoms with E-state index in [0.29, 0.717) is 5.82 Å². The van der Waals surface area contributed by atoms with E-state index in [1.165, 1.54) is 4.68 Å². The summed E-state index contributed by atoms with van der Waals surface area (Å²) in [5.41, 5.74) is 0.442. The van der Waals surface area contributed by atoms with E-state index in [-0.39, 0.29) is 12.5 Å². The van der Waals surface area contributed by atoms with Gasteiger partial charge in [0.15, 0.2) is 5.82 Å². The first-order chi connectivity index (χ1) is 11.5. The van der Waals surface area contributed by atoms with E-state index in [2.05, 4.69) is 26.3 Å². The molecule has 1 saturated carbocycles. The second kappa shape index (κ2) is 6.76. The fraction of sp³-hybridized carbons (Fsp3) is 0.353. The molecule has 1 aliphatic carbocycles. The summed E-state index contributed by atoms with van der Waals surface area (Å²) >= 11 is 3.47. The molecule has 0 unspecified atom stereocenters. The topological polar surface area (TPSA) is 84.2 Å². The van der Waals surface area contributed by atoms with Gasteiger partial charge in [-0.25, -0.2) is 0 Å². The Morgan fingerprint density at radius 2 is 2.04 bits per heavy atom. The molecule has 1 amide bonds. The zero-order valence-electron chi connectivity index (χ0n) is 13.0. The maximum Gasteiger partial charge on any atom is 0.325 e. The number of benzene rings is 1. The van der Waals surface area contributed by atoms with Gasteiger partial charge in [0.1, 0.15) is 6.54 Å². The number of hydrogen-bond donors (Lipinski definition) is 2. The quantitative estimate of drug-likeness (QED) is 0.819. The van der Waals surface area contributed by atoms with Crippen LogP contribution in [0.1, 0.15) is 31.2 Å². The number of aliphatic carboxylic acids is 1. The van der Waals surface area contributed by atoms with Crippen LogP contribution >= 0.6 is 15.9 Å². The molecule has 0 aliphatic heterocycles. The van der Waals surface area contributed by atoms with Crippen molar-refractivity contribution in [1.82, 2.24) is 9.78 Å². The second-order valence-electron chi connectivity index (χ2n) is 6.05. The number of nitrogens with zero attached hydrogens (tertiary/aromatic N) is 2. The van der Waals surface area contributed by atoms with E-state index in [9.17, 15) is 9.59 Å². The fourth-order valence-electron chi connectivity index (χ4n) is 3.30.